The van der Waals surface area contributed by atoms with Crippen LogP contribution >= 0.6 is 0 Å². The van der Waals surface area contributed by atoms with E-state index in [1.54, 1.807) is 0 Å². The van der Waals surface area contributed by atoms with Crippen molar-refractivity contribution in [3.05, 3.63) is 12.3 Å². The minimum Gasteiger partial charge on any atom is -0.427 e. The molecule has 0 unspecified atom stereocenters. The van der Waals surface area contributed by atoms with Crippen LogP contribution in [-0.2, 0) is 6.54 Å². The Kier molecular flexibility index (Phi) is 3.16. The minimum atomic E-state index is 0.585. The molecule has 0 bridgehead atoms. The van der Waals surface area contributed by atoms with Gasteiger partial charge in [0.1, 0.15) is 0 Å². The Morgan fingerprint density at radius 1 is 1.73 bits per heavy atom. The van der Waals surface area contributed by atoms with Crippen LogP contribution in [0.5, 0.6) is 0 Å². The second-order valence-electron chi connectivity index (χ2n) is 1.96. The van der Waals surface area contributed by atoms with Crippen molar-refractivity contribution in [2.45, 2.75) is 13.0 Å². The number of hydrogen-bond donors (Lipinski definition) is 1. The molecule has 0 saturated heterocycles. The molecule has 0 aliphatic heterocycles. The summed E-state index contributed by atoms with van der Waals surface area (Å²) < 4.78 is 4.88. The summed E-state index contributed by atoms with van der Waals surface area (Å²) in [7, 11) is 0. The Labute approximate surface area is 65.0 Å². The van der Waals surface area contributed by atoms with Gasteiger partial charge < -0.3 is 9.73 Å². The van der Waals surface area contributed by atoms with Gasteiger partial charge in [-0.15, -0.1) is 22.5 Å². The molecule has 0 amide bonds. The lowest BCUT2D eigenvalue weighted by Gasteiger charge is -1.95. The quantitative estimate of drug-likeness (QED) is 0.492. The molecule has 4 nitrogen and oxygen atoms in total. The zero-order valence-electron chi connectivity index (χ0n) is 6.08. The summed E-state index contributed by atoms with van der Waals surface area (Å²) >= 11 is 0. The van der Waals surface area contributed by atoms with E-state index in [1.807, 2.05) is 0 Å². The molecule has 58 valence electrons. The first-order valence-corrected chi connectivity index (χ1v) is 3.32. The first-order chi connectivity index (χ1) is 5.43. The standard InChI is InChI=1S/C7H9N3O/c1-2-3-4-8-5-7-10-9-6-11-7/h1,6,8H,3-5H2. The summed E-state index contributed by atoms with van der Waals surface area (Å²) in [4.78, 5) is 0. The van der Waals surface area contributed by atoms with Crippen molar-refractivity contribution in [2.24, 2.45) is 0 Å². The molecule has 0 aromatic carbocycles. The first-order valence-electron chi connectivity index (χ1n) is 3.32. The van der Waals surface area contributed by atoms with E-state index in [1.165, 1.54) is 6.39 Å². The monoisotopic (exact) mass is 151 g/mol. The highest BCUT2D eigenvalue weighted by atomic mass is 16.4. The van der Waals surface area contributed by atoms with Crippen molar-refractivity contribution in [2.75, 3.05) is 6.54 Å². The molecule has 0 radical (unpaired) electrons. The highest BCUT2D eigenvalue weighted by Crippen LogP contribution is 1.88. The topological polar surface area (TPSA) is 51.0 Å². The van der Waals surface area contributed by atoms with Crippen LogP contribution < -0.4 is 5.32 Å². The number of rotatable bonds is 4. The molecule has 0 spiro atoms. The van der Waals surface area contributed by atoms with Crippen LogP contribution in [0, 0.1) is 12.3 Å². The molecule has 1 rings (SSSR count). The first kappa shape index (κ1) is 7.76. The maximum atomic E-state index is 5.05. The summed E-state index contributed by atoms with van der Waals surface area (Å²) in [6.45, 7) is 1.36. The third-order valence-electron chi connectivity index (χ3n) is 1.13. The molecule has 0 fully saturated rings. The molecule has 0 saturated carbocycles. The number of nitrogens with zero attached hydrogens (tertiary/aromatic N) is 2. The zero-order valence-corrected chi connectivity index (χ0v) is 6.08. The summed E-state index contributed by atoms with van der Waals surface area (Å²) in [5.74, 6) is 3.10. The molecule has 4 heteroatoms. The Morgan fingerprint density at radius 2 is 2.64 bits per heavy atom. The number of aromatic nitrogens is 2. The van der Waals surface area contributed by atoms with Gasteiger partial charge >= 0.3 is 0 Å². The Morgan fingerprint density at radius 3 is 3.27 bits per heavy atom. The SMILES string of the molecule is C#CCCNCc1nnco1. The normalized spacial score (nSPS) is 9.36. The average molecular weight is 151 g/mol. The van der Waals surface area contributed by atoms with E-state index in [0.29, 0.717) is 18.9 Å². The predicted octanol–water partition coefficient (Wildman–Crippen LogP) is 0.182. The molecule has 11 heavy (non-hydrogen) atoms. The fraction of sp³-hybridized carbons (Fsp3) is 0.429. The van der Waals surface area contributed by atoms with E-state index >= 15 is 0 Å². The number of nitrogens with one attached hydrogen (secondary N) is 1. The second-order valence-corrected chi connectivity index (χ2v) is 1.96. The highest BCUT2D eigenvalue weighted by molar-refractivity contribution is 4.84. The van der Waals surface area contributed by atoms with Gasteiger partial charge in [-0.1, -0.05) is 0 Å². The summed E-state index contributed by atoms with van der Waals surface area (Å²) in [6, 6.07) is 0. The zero-order chi connectivity index (χ0) is 7.94. The van der Waals surface area contributed by atoms with Crippen LogP contribution in [0.2, 0.25) is 0 Å². The van der Waals surface area contributed by atoms with Crippen molar-refractivity contribution in [1.82, 2.24) is 15.5 Å². The average Bonchev–Trinajstić information content (AvgIpc) is 2.50. The van der Waals surface area contributed by atoms with Crippen molar-refractivity contribution in [3.8, 4) is 12.3 Å². The third kappa shape index (κ3) is 2.83. The molecule has 1 aromatic heterocycles. The van der Waals surface area contributed by atoms with Gasteiger partial charge in [0.2, 0.25) is 12.3 Å². The molecule has 0 atom stereocenters. The van der Waals surface area contributed by atoms with Crippen molar-refractivity contribution < 1.29 is 4.42 Å². The van der Waals surface area contributed by atoms with Gasteiger partial charge in [0.15, 0.2) is 0 Å². The van der Waals surface area contributed by atoms with Crippen LogP contribution in [-0.4, -0.2) is 16.7 Å². The van der Waals surface area contributed by atoms with Gasteiger partial charge in [0, 0.05) is 13.0 Å². The lowest BCUT2D eigenvalue weighted by Crippen LogP contribution is -2.14. The Balaban J connectivity index is 2.10. The highest BCUT2D eigenvalue weighted by Gasteiger charge is 1.94. The molecule has 0 aliphatic rings. The van der Waals surface area contributed by atoms with Gasteiger partial charge in [0.05, 0.1) is 6.54 Å². The lowest BCUT2D eigenvalue weighted by atomic mass is 10.4. The molecule has 1 heterocycles. The van der Waals surface area contributed by atoms with Gasteiger partial charge in [-0.05, 0) is 0 Å². The van der Waals surface area contributed by atoms with E-state index < -0.39 is 0 Å². The van der Waals surface area contributed by atoms with Gasteiger partial charge in [-0.3, -0.25) is 0 Å². The van der Waals surface area contributed by atoms with Gasteiger partial charge in [-0.25, -0.2) is 0 Å². The molecule has 0 aliphatic carbocycles. The van der Waals surface area contributed by atoms with Crippen molar-refractivity contribution in [3.63, 3.8) is 0 Å². The molecular formula is C7H9N3O. The van der Waals surface area contributed by atoms with Crippen molar-refractivity contribution in [1.29, 1.82) is 0 Å². The molecule has 1 N–H and O–H groups in total. The largest absolute Gasteiger partial charge is 0.427 e. The van der Waals surface area contributed by atoms with E-state index in [9.17, 15) is 0 Å². The summed E-state index contributed by atoms with van der Waals surface area (Å²) in [5, 5.41) is 10.3. The van der Waals surface area contributed by atoms with Crippen LogP contribution in [0.4, 0.5) is 0 Å². The maximum absolute atomic E-state index is 5.05. The van der Waals surface area contributed by atoms with E-state index in [-0.39, 0.29) is 0 Å². The van der Waals surface area contributed by atoms with E-state index in [4.69, 9.17) is 10.8 Å². The third-order valence-corrected chi connectivity index (χ3v) is 1.13. The Bertz CT molecular complexity index is 224. The van der Waals surface area contributed by atoms with Crippen LogP contribution in [0.15, 0.2) is 10.8 Å². The smallest absolute Gasteiger partial charge is 0.229 e. The van der Waals surface area contributed by atoms with E-state index in [2.05, 4.69) is 21.4 Å². The number of terminal acetylenes is 1. The second kappa shape index (κ2) is 4.47. The predicted molar refractivity (Wildman–Crippen MR) is 39.5 cm³/mol. The van der Waals surface area contributed by atoms with Gasteiger partial charge in [0.25, 0.3) is 0 Å². The molecule has 1 aromatic rings. The lowest BCUT2D eigenvalue weighted by molar-refractivity contribution is 0.469. The minimum absolute atomic E-state index is 0.585. The maximum Gasteiger partial charge on any atom is 0.229 e. The van der Waals surface area contributed by atoms with Crippen LogP contribution in [0.25, 0.3) is 0 Å². The Hall–Kier alpha value is -1.34. The number of hydrogen-bond acceptors (Lipinski definition) is 4. The summed E-state index contributed by atoms with van der Waals surface area (Å²) in [6.07, 6.45) is 7.07. The fourth-order valence-corrected chi connectivity index (χ4v) is 0.629. The van der Waals surface area contributed by atoms with Gasteiger partial charge in [-0.2, -0.15) is 0 Å². The molecular weight excluding hydrogens is 142 g/mol. The van der Waals surface area contributed by atoms with E-state index in [0.717, 1.165) is 6.54 Å². The van der Waals surface area contributed by atoms with Crippen LogP contribution in [0.3, 0.4) is 0 Å². The van der Waals surface area contributed by atoms with Crippen LogP contribution in [0.1, 0.15) is 12.3 Å². The fourth-order valence-electron chi connectivity index (χ4n) is 0.629. The summed E-state index contributed by atoms with van der Waals surface area (Å²) in [5.41, 5.74) is 0. The van der Waals surface area contributed by atoms with Crippen molar-refractivity contribution >= 4 is 0 Å².